The molecule has 1 aromatic rings. The minimum atomic E-state index is -0.540. The summed E-state index contributed by atoms with van der Waals surface area (Å²) in [5, 5.41) is 3.54. The maximum Gasteiger partial charge on any atom is 0.267 e. The summed E-state index contributed by atoms with van der Waals surface area (Å²) in [6.45, 7) is 6.76. The maximum atomic E-state index is 12.3. The number of fused-ring (bicyclic) bond motifs is 1. The molecule has 1 atom stereocenters. The molecular formula is C13H21ClN4O2S. The van der Waals surface area contributed by atoms with Crippen LogP contribution in [-0.2, 0) is 6.54 Å². The van der Waals surface area contributed by atoms with Crippen LogP contribution in [0.25, 0.3) is 0 Å². The Balaban J connectivity index is 0.00000220. The van der Waals surface area contributed by atoms with Crippen LogP contribution in [0.15, 0.2) is 16.1 Å². The molecule has 1 aliphatic rings. The highest BCUT2D eigenvalue weighted by Crippen LogP contribution is 2.21. The summed E-state index contributed by atoms with van der Waals surface area (Å²) in [6, 6.07) is 0. The second-order valence-electron chi connectivity index (χ2n) is 5.49. The molecule has 21 heavy (non-hydrogen) atoms. The first-order valence-electron chi connectivity index (χ1n) is 6.64. The molecule has 1 unspecified atom stereocenters. The molecule has 8 heteroatoms. The molecule has 1 aromatic heterocycles. The second-order valence-corrected chi connectivity index (χ2v) is 6.55. The number of hydrogen-bond acceptors (Lipinski definition) is 5. The number of nitrogens with two attached hydrogens (primary N) is 1. The summed E-state index contributed by atoms with van der Waals surface area (Å²) < 4.78 is 1.55. The molecule has 0 aliphatic carbocycles. The van der Waals surface area contributed by atoms with Gasteiger partial charge in [0.15, 0.2) is 5.16 Å². The standard InChI is InChI=1S/C13H20N4O2S.ClH/c1-8(2)13(3,7-14)16-10(18)9-6-15-12-17(11(9)19)4-5-20-12;/h6,8H,4-5,7,14H2,1-3H3,(H,16,18);1H. The molecule has 0 spiro atoms. The fraction of sp³-hybridized carbons (Fsp3) is 0.615. The summed E-state index contributed by atoms with van der Waals surface area (Å²) >= 11 is 1.53. The van der Waals surface area contributed by atoms with E-state index in [4.69, 9.17) is 5.73 Å². The van der Waals surface area contributed by atoms with Crippen molar-refractivity contribution in [1.82, 2.24) is 14.9 Å². The Morgan fingerprint density at radius 3 is 2.86 bits per heavy atom. The number of halogens is 1. The van der Waals surface area contributed by atoms with Gasteiger partial charge >= 0.3 is 0 Å². The molecule has 3 N–H and O–H groups in total. The van der Waals surface area contributed by atoms with Crippen LogP contribution >= 0.6 is 24.2 Å². The van der Waals surface area contributed by atoms with Gasteiger partial charge in [-0.15, -0.1) is 12.4 Å². The Morgan fingerprint density at radius 1 is 1.62 bits per heavy atom. The van der Waals surface area contributed by atoms with E-state index in [0.29, 0.717) is 18.2 Å². The lowest BCUT2D eigenvalue weighted by Crippen LogP contribution is -2.55. The summed E-state index contributed by atoms with van der Waals surface area (Å²) in [7, 11) is 0. The van der Waals surface area contributed by atoms with Gasteiger partial charge in [-0.3, -0.25) is 14.2 Å². The molecule has 1 aliphatic heterocycles. The number of carbonyl (C=O) groups excluding carboxylic acids is 1. The predicted molar refractivity (Wildman–Crippen MR) is 86.2 cm³/mol. The number of hydrogen-bond donors (Lipinski definition) is 2. The van der Waals surface area contributed by atoms with E-state index < -0.39 is 11.4 Å². The highest BCUT2D eigenvalue weighted by molar-refractivity contribution is 7.99. The van der Waals surface area contributed by atoms with Gasteiger partial charge < -0.3 is 11.1 Å². The molecule has 0 fully saturated rings. The maximum absolute atomic E-state index is 12.3. The zero-order valence-electron chi connectivity index (χ0n) is 12.4. The Labute approximate surface area is 134 Å². The number of nitrogens with zero attached hydrogens (tertiary/aromatic N) is 2. The molecule has 0 aromatic carbocycles. The zero-order valence-corrected chi connectivity index (χ0v) is 14.0. The molecule has 1 amide bonds. The Hall–Kier alpha value is -1.05. The van der Waals surface area contributed by atoms with Gasteiger partial charge in [-0.1, -0.05) is 25.6 Å². The van der Waals surface area contributed by atoms with E-state index in [0.717, 1.165) is 5.75 Å². The van der Waals surface area contributed by atoms with Crippen molar-refractivity contribution in [2.75, 3.05) is 12.3 Å². The van der Waals surface area contributed by atoms with Crippen molar-refractivity contribution in [3.63, 3.8) is 0 Å². The Morgan fingerprint density at radius 2 is 2.29 bits per heavy atom. The quantitative estimate of drug-likeness (QED) is 0.799. The highest BCUT2D eigenvalue weighted by Gasteiger charge is 2.30. The molecule has 2 heterocycles. The number of thioether (sulfide) groups is 1. The average Bonchev–Trinajstić information content (AvgIpc) is 2.87. The van der Waals surface area contributed by atoms with Crippen LogP contribution in [0.2, 0.25) is 0 Å². The number of rotatable bonds is 4. The van der Waals surface area contributed by atoms with Crippen molar-refractivity contribution < 1.29 is 4.79 Å². The normalized spacial score (nSPS) is 16.0. The fourth-order valence-electron chi connectivity index (χ4n) is 1.93. The van der Waals surface area contributed by atoms with Crippen LogP contribution in [-0.4, -0.2) is 33.3 Å². The number of carbonyl (C=O) groups is 1. The van der Waals surface area contributed by atoms with Crippen molar-refractivity contribution in [2.24, 2.45) is 11.7 Å². The number of nitrogens with one attached hydrogen (secondary N) is 1. The molecule has 118 valence electrons. The van der Waals surface area contributed by atoms with E-state index in [1.165, 1.54) is 18.0 Å². The molecule has 2 rings (SSSR count). The van der Waals surface area contributed by atoms with E-state index >= 15 is 0 Å². The number of aromatic nitrogens is 2. The van der Waals surface area contributed by atoms with Gasteiger partial charge in [0.2, 0.25) is 0 Å². The Kier molecular flexibility index (Phi) is 5.83. The minimum absolute atomic E-state index is 0. The first-order valence-corrected chi connectivity index (χ1v) is 7.63. The fourth-order valence-corrected chi connectivity index (χ4v) is 2.84. The lowest BCUT2D eigenvalue weighted by molar-refractivity contribution is 0.0880. The van der Waals surface area contributed by atoms with Crippen molar-refractivity contribution in [3.8, 4) is 0 Å². The smallest absolute Gasteiger partial charge is 0.267 e. The van der Waals surface area contributed by atoms with Crippen molar-refractivity contribution in [3.05, 3.63) is 22.1 Å². The van der Waals surface area contributed by atoms with Crippen LogP contribution in [0.3, 0.4) is 0 Å². The van der Waals surface area contributed by atoms with Crippen molar-refractivity contribution >= 4 is 30.1 Å². The van der Waals surface area contributed by atoms with E-state index in [1.54, 1.807) is 4.57 Å². The van der Waals surface area contributed by atoms with Gasteiger partial charge in [0.05, 0.1) is 5.54 Å². The molecule has 0 radical (unpaired) electrons. The lowest BCUT2D eigenvalue weighted by Gasteiger charge is -2.33. The Bertz CT molecular complexity index is 590. The molecular weight excluding hydrogens is 312 g/mol. The molecule has 6 nitrogen and oxygen atoms in total. The highest BCUT2D eigenvalue weighted by atomic mass is 35.5. The molecule has 0 saturated heterocycles. The lowest BCUT2D eigenvalue weighted by atomic mass is 9.88. The van der Waals surface area contributed by atoms with E-state index in [9.17, 15) is 9.59 Å². The van der Waals surface area contributed by atoms with Crippen LogP contribution < -0.4 is 16.6 Å². The summed E-state index contributed by atoms with van der Waals surface area (Å²) in [6.07, 6.45) is 1.36. The van der Waals surface area contributed by atoms with E-state index in [-0.39, 0.29) is 29.4 Å². The SMILES string of the molecule is CC(C)C(C)(CN)NC(=O)c1cnc2n(c1=O)CCS2.Cl. The van der Waals surface area contributed by atoms with Gasteiger partial charge in [0.1, 0.15) is 5.56 Å². The third kappa shape index (κ3) is 3.41. The van der Waals surface area contributed by atoms with Crippen molar-refractivity contribution in [1.29, 1.82) is 0 Å². The summed E-state index contributed by atoms with van der Waals surface area (Å²) in [4.78, 5) is 28.8. The topological polar surface area (TPSA) is 90.0 Å². The number of amides is 1. The van der Waals surface area contributed by atoms with Crippen LogP contribution in [0.1, 0.15) is 31.1 Å². The minimum Gasteiger partial charge on any atom is -0.345 e. The van der Waals surface area contributed by atoms with Crippen LogP contribution in [0, 0.1) is 5.92 Å². The first kappa shape index (κ1) is 18.0. The zero-order chi connectivity index (χ0) is 14.9. The second kappa shape index (κ2) is 6.81. The predicted octanol–water partition coefficient (Wildman–Crippen LogP) is 0.874. The average molecular weight is 333 g/mol. The third-order valence-corrected chi connectivity index (χ3v) is 4.87. The largest absolute Gasteiger partial charge is 0.345 e. The van der Waals surface area contributed by atoms with Crippen LogP contribution in [0.4, 0.5) is 0 Å². The van der Waals surface area contributed by atoms with Gasteiger partial charge in [-0.25, -0.2) is 4.98 Å². The molecule has 0 saturated carbocycles. The first-order chi connectivity index (χ1) is 9.39. The van der Waals surface area contributed by atoms with Gasteiger partial charge in [-0.05, 0) is 12.8 Å². The van der Waals surface area contributed by atoms with Gasteiger partial charge in [0.25, 0.3) is 11.5 Å². The van der Waals surface area contributed by atoms with E-state index in [2.05, 4.69) is 10.3 Å². The molecule has 0 bridgehead atoms. The van der Waals surface area contributed by atoms with E-state index in [1.807, 2.05) is 20.8 Å². The summed E-state index contributed by atoms with van der Waals surface area (Å²) in [5.74, 6) is 0.577. The third-order valence-electron chi connectivity index (χ3n) is 3.90. The van der Waals surface area contributed by atoms with Gasteiger partial charge in [0, 0.05) is 25.0 Å². The van der Waals surface area contributed by atoms with Crippen molar-refractivity contribution in [2.45, 2.75) is 38.0 Å². The monoisotopic (exact) mass is 332 g/mol. The summed E-state index contributed by atoms with van der Waals surface area (Å²) in [5.41, 5.74) is 5.01. The van der Waals surface area contributed by atoms with Crippen LogP contribution in [0.5, 0.6) is 0 Å². The van der Waals surface area contributed by atoms with Gasteiger partial charge in [-0.2, -0.15) is 0 Å².